The van der Waals surface area contributed by atoms with Gasteiger partial charge < -0.3 is 10.1 Å². The molecule has 1 aliphatic rings. The molecule has 0 amide bonds. The van der Waals surface area contributed by atoms with E-state index >= 15 is 0 Å². The number of carboxylic acids is 1. The van der Waals surface area contributed by atoms with Crippen LogP contribution in [0, 0.1) is 0 Å². The van der Waals surface area contributed by atoms with Crippen LogP contribution in [0.3, 0.4) is 0 Å². The molecule has 1 atom stereocenters. The summed E-state index contributed by atoms with van der Waals surface area (Å²) in [7, 11) is -3.65. The number of nitrogens with one attached hydrogen (secondary N) is 1. The number of rotatable bonds is 4. The summed E-state index contributed by atoms with van der Waals surface area (Å²) in [5.41, 5.74) is -1.18. The first-order chi connectivity index (χ1) is 12.3. The van der Waals surface area contributed by atoms with Crippen LogP contribution in [0.25, 0.3) is 0 Å². The third-order valence-electron chi connectivity index (χ3n) is 4.27. The minimum Gasteiger partial charge on any atom is -0.477 e. The van der Waals surface area contributed by atoms with Gasteiger partial charge in [0.1, 0.15) is 11.4 Å². The highest BCUT2D eigenvalue weighted by molar-refractivity contribution is 9.10. The zero-order chi connectivity index (χ0) is 18.9. The van der Waals surface area contributed by atoms with Gasteiger partial charge in [0.2, 0.25) is 10.0 Å². The highest BCUT2D eigenvalue weighted by atomic mass is 79.9. The number of piperidine rings is 1. The van der Waals surface area contributed by atoms with Crippen molar-refractivity contribution in [2.45, 2.75) is 23.7 Å². The lowest BCUT2D eigenvalue weighted by molar-refractivity contribution is 0.0694. The number of aromatic amines is 1. The second kappa shape index (κ2) is 7.29. The van der Waals surface area contributed by atoms with Crippen LogP contribution < -0.4 is 5.56 Å². The maximum Gasteiger partial charge on any atom is 0.342 e. The van der Waals surface area contributed by atoms with Crippen LogP contribution in [0.1, 0.15) is 34.9 Å². The van der Waals surface area contributed by atoms with Gasteiger partial charge in [-0.15, -0.1) is 0 Å². The summed E-state index contributed by atoms with van der Waals surface area (Å²) in [6.07, 6.45) is 2.28. The van der Waals surface area contributed by atoms with Crippen LogP contribution in [0.2, 0.25) is 0 Å². The predicted molar refractivity (Wildman–Crippen MR) is 96.7 cm³/mol. The quantitative estimate of drug-likeness (QED) is 0.745. The van der Waals surface area contributed by atoms with Gasteiger partial charge in [0.25, 0.3) is 5.56 Å². The highest BCUT2D eigenvalue weighted by Crippen LogP contribution is 2.28. The van der Waals surface area contributed by atoms with E-state index < -0.39 is 27.1 Å². The Morgan fingerprint density at radius 3 is 2.62 bits per heavy atom. The number of carbonyl (C=O) groups is 1. The molecule has 2 aromatic rings. The normalized spacial score (nSPS) is 18.6. The molecular weight excluding hydrogens is 426 g/mol. The lowest BCUT2D eigenvalue weighted by Crippen LogP contribution is -2.40. The van der Waals surface area contributed by atoms with E-state index in [1.807, 2.05) is 0 Å². The molecule has 1 aromatic heterocycles. The molecule has 0 radical (unpaired) electrons. The predicted octanol–water partition coefficient (Wildman–Crippen LogP) is 1.80. The first-order valence-electron chi connectivity index (χ1n) is 7.87. The van der Waals surface area contributed by atoms with Gasteiger partial charge in [-0.3, -0.25) is 4.79 Å². The van der Waals surface area contributed by atoms with Gasteiger partial charge in [-0.2, -0.15) is 4.31 Å². The molecule has 0 spiro atoms. The number of halogens is 1. The van der Waals surface area contributed by atoms with Crippen molar-refractivity contribution in [3.05, 3.63) is 56.7 Å². The average Bonchev–Trinajstić information content (AvgIpc) is 2.62. The second-order valence-corrected chi connectivity index (χ2v) is 8.83. The molecule has 3 rings (SSSR count). The maximum absolute atomic E-state index is 12.8. The van der Waals surface area contributed by atoms with Crippen LogP contribution in [0.15, 0.2) is 44.6 Å². The number of carboxylic acid groups (broad SMARTS) is 1. The van der Waals surface area contributed by atoms with E-state index in [2.05, 4.69) is 25.9 Å². The van der Waals surface area contributed by atoms with Crippen molar-refractivity contribution < 1.29 is 18.3 Å². The molecule has 1 unspecified atom stereocenters. The van der Waals surface area contributed by atoms with Gasteiger partial charge >= 0.3 is 5.97 Å². The van der Waals surface area contributed by atoms with Crippen molar-refractivity contribution in [3.63, 3.8) is 0 Å². The largest absolute Gasteiger partial charge is 0.477 e. The first-order valence-corrected chi connectivity index (χ1v) is 10.1. The summed E-state index contributed by atoms with van der Waals surface area (Å²) in [6.45, 7) is 0.556. The smallest absolute Gasteiger partial charge is 0.342 e. The summed E-state index contributed by atoms with van der Waals surface area (Å²) in [4.78, 5) is 29.5. The van der Waals surface area contributed by atoms with Crippen molar-refractivity contribution in [2.24, 2.45) is 0 Å². The van der Waals surface area contributed by atoms with Crippen LogP contribution in [-0.2, 0) is 10.0 Å². The van der Waals surface area contributed by atoms with Crippen molar-refractivity contribution in [1.82, 2.24) is 14.3 Å². The zero-order valence-electron chi connectivity index (χ0n) is 13.6. The Hall–Kier alpha value is -2.04. The molecule has 0 bridgehead atoms. The number of sulfonamides is 1. The molecule has 1 aliphatic heterocycles. The van der Waals surface area contributed by atoms with Crippen molar-refractivity contribution >= 4 is 31.9 Å². The lowest BCUT2D eigenvalue weighted by atomic mass is 9.99. The third kappa shape index (κ3) is 3.71. The number of nitrogens with zero attached hydrogens (tertiary/aromatic N) is 2. The van der Waals surface area contributed by atoms with E-state index in [1.165, 1.54) is 16.4 Å². The minimum atomic E-state index is -3.65. The number of hydrogen-bond acceptors (Lipinski definition) is 5. The molecule has 1 fully saturated rings. The number of H-pyrrole nitrogens is 1. The van der Waals surface area contributed by atoms with Crippen LogP contribution >= 0.6 is 15.9 Å². The van der Waals surface area contributed by atoms with Crippen LogP contribution in [-0.4, -0.2) is 46.9 Å². The Balaban J connectivity index is 1.85. The van der Waals surface area contributed by atoms with Crippen molar-refractivity contribution in [3.8, 4) is 0 Å². The van der Waals surface area contributed by atoms with Crippen molar-refractivity contribution in [1.29, 1.82) is 0 Å². The standard InChI is InChI=1S/C16H16BrN3O5S/c17-11-3-5-12(6-4-11)26(24,25)20-7-1-2-10(9-20)14-18-8-13(16(22)23)15(21)19-14/h3-6,8,10H,1-2,7,9H2,(H,22,23)(H,18,19,21). The Morgan fingerprint density at radius 1 is 1.31 bits per heavy atom. The molecular formula is C16H16BrN3O5S. The minimum absolute atomic E-state index is 0.174. The number of aromatic nitrogens is 2. The summed E-state index contributed by atoms with van der Waals surface area (Å²) in [6, 6.07) is 6.39. The molecule has 2 heterocycles. The van der Waals surface area contributed by atoms with Crippen LogP contribution in [0.5, 0.6) is 0 Å². The van der Waals surface area contributed by atoms with Gasteiger partial charge in [-0.1, -0.05) is 15.9 Å². The van der Waals surface area contributed by atoms with Gasteiger partial charge in [-0.25, -0.2) is 18.2 Å². The van der Waals surface area contributed by atoms with E-state index in [0.717, 1.165) is 10.7 Å². The SMILES string of the molecule is O=C(O)c1cnc(C2CCCN(S(=O)(=O)c3ccc(Br)cc3)C2)[nH]c1=O. The van der Waals surface area contributed by atoms with Gasteiger partial charge in [0, 0.05) is 29.7 Å². The number of benzene rings is 1. The maximum atomic E-state index is 12.8. The van der Waals surface area contributed by atoms with E-state index in [-0.39, 0.29) is 17.4 Å². The summed E-state index contributed by atoms with van der Waals surface area (Å²) in [5, 5.41) is 8.91. The summed E-state index contributed by atoms with van der Waals surface area (Å²) < 4.78 is 27.8. The zero-order valence-corrected chi connectivity index (χ0v) is 16.0. The molecule has 26 heavy (non-hydrogen) atoms. The second-order valence-electron chi connectivity index (χ2n) is 5.97. The number of hydrogen-bond donors (Lipinski definition) is 2. The molecule has 1 aromatic carbocycles. The molecule has 0 aliphatic carbocycles. The molecule has 0 saturated carbocycles. The van der Waals surface area contributed by atoms with Gasteiger partial charge in [0.05, 0.1) is 4.90 Å². The molecule has 138 valence electrons. The monoisotopic (exact) mass is 441 g/mol. The fraction of sp³-hybridized carbons (Fsp3) is 0.312. The van der Waals surface area contributed by atoms with E-state index in [1.54, 1.807) is 12.1 Å². The first kappa shape index (κ1) is 18.7. The van der Waals surface area contributed by atoms with Gasteiger partial charge in [0.15, 0.2) is 0 Å². The van der Waals surface area contributed by atoms with E-state index in [4.69, 9.17) is 5.11 Å². The molecule has 2 N–H and O–H groups in total. The Labute approximate surface area is 158 Å². The Bertz CT molecular complexity index is 988. The Kier molecular flexibility index (Phi) is 5.26. The fourth-order valence-corrected chi connectivity index (χ4v) is 4.70. The average molecular weight is 442 g/mol. The molecule has 10 heteroatoms. The van der Waals surface area contributed by atoms with Crippen molar-refractivity contribution in [2.75, 3.05) is 13.1 Å². The highest BCUT2D eigenvalue weighted by Gasteiger charge is 2.32. The molecule has 1 saturated heterocycles. The summed E-state index contributed by atoms with van der Waals surface area (Å²) in [5.74, 6) is -1.35. The van der Waals surface area contributed by atoms with Gasteiger partial charge in [-0.05, 0) is 37.1 Å². The van der Waals surface area contributed by atoms with E-state index in [9.17, 15) is 18.0 Å². The molecule has 8 nitrogen and oxygen atoms in total. The topological polar surface area (TPSA) is 120 Å². The Morgan fingerprint density at radius 2 is 2.00 bits per heavy atom. The van der Waals surface area contributed by atoms with Crippen LogP contribution in [0.4, 0.5) is 0 Å². The number of aromatic carboxylic acids is 1. The summed E-state index contributed by atoms with van der Waals surface area (Å²) >= 11 is 3.28. The third-order valence-corrected chi connectivity index (χ3v) is 6.68. The van der Waals surface area contributed by atoms with E-state index in [0.29, 0.717) is 25.2 Å². The fourth-order valence-electron chi connectivity index (χ4n) is 2.91. The lowest BCUT2D eigenvalue weighted by Gasteiger charge is -2.31.